The van der Waals surface area contributed by atoms with E-state index >= 15 is 0 Å². The van der Waals surface area contributed by atoms with Crippen LogP contribution in [0.4, 0.5) is 10.5 Å². The van der Waals surface area contributed by atoms with Gasteiger partial charge in [0.25, 0.3) is 0 Å². The van der Waals surface area contributed by atoms with E-state index < -0.39 is 5.41 Å². The lowest BCUT2D eigenvalue weighted by molar-refractivity contribution is -0.128. The Morgan fingerprint density at radius 2 is 1.80 bits per heavy atom. The minimum atomic E-state index is -0.410. The molecule has 0 spiro atoms. The standard InChI is InChI=1S/C19H30N4O2/c1-19(2,3)17(24)20-11-12-21-18(25)23-13-7-10-16(14-23)22-15-8-5-4-6-9-15/h4-6,8-9,16,22H,7,10-14H2,1-3H3,(H,20,24)(H,21,25)/t16-/m0/s1. The lowest BCUT2D eigenvalue weighted by Crippen LogP contribution is -2.50. The van der Waals surface area contributed by atoms with Crippen molar-refractivity contribution in [3.63, 3.8) is 0 Å². The molecule has 25 heavy (non-hydrogen) atoms. The number of piperidine rings is 1. The Labute approximate surface area is 150 Å². The van der Waals surface area contributed by atoms with Crippen molar-refractivity contribution in [3.8, 4) is 0 Å². The van der Waals surface area contributed by atoms with Crippen LogP contribution in [0.3, 0.4) is 0 Å². The Balaban J connectivity index is 1.71. The predicted octanol–water partition coefficient (Wildman–Crippen LogP) is 2.43. The number of hydrogen-bond acceptors (Lipinski definition) is 3. The fourth-order valence-corrected chi connectivity index (χ4v) is 2.77. The Hall–Kier alpha value is -2.24. The first-order valence-electron chi connectivity index (χ1n) is 8.99. The molecular weight excluding hydrogens is 316 g/mol. The quantitative estimate of drug-likeness (QED) is 0.717. The maximum Gasteiger partial charge on any atom is 0.317 e. The molecule has 2 rings (SSSR count). The third-order valence-electron chi connectivity index (χ3n) is 4.22. The molecule has 0 unspecified atom stereocenters. The van der Waals surface area contributed by atoms with Crippen LogP contribution in [-0.4, -0.2) is 49.1 Å². The van der Waals surface area contributed by atoms with E-state index in [1.807, 2.05) is 56.0 Å². The topological polar surface area (TPSA) is 73.5 Å². The van der Waals surface area contributed by atoms with E-state index in [-0.39, 0.29) is 18.0 Å². The minimum absolute atomic E-state index is 0.00755. The van der Waals surface area contributed by atoms with Crippen LogP contribution in [0.15, 0.2) is 30.3 Å². The number of para-hydroxylation sites is 1. The highest BCUT2D eigenvalue weighted by Gasteiger charge is 2.24. The number of anilines is 1. The zero-order valence-corrected chi connectivity index (χ0v) is 15.5. The molecule has 0 aromatic heterocycles. The van der Waals surface area contributed by atoms with E-state index in [0.717, 1.165) is 25.1 Å². The van der Waals surface area contributed by atoms with Gasteiger partial charge >= 0.3 is 6.03 Å². The first kappa shape index (κ1) is 19.1. The average Bonchev–Trinajstić information content (AvgIpc) is 2.58. The third kappa shape index (κ3) is 6.29. The Bertz CT molecular complexity index is 569. The molecule has 6 nitrogen and oxygen atoms in total. The predicted molar refractivity (Wildman–Crippen MR) is 101 cm³/mol. The molecule has 1 aliphatic heterocycles. The average molecular weight is 346 g/mol. The number of carbonyl (C=O) groups excluding carboxylic acids is 2. The van der Waals surface area contributed by atoms with Crippen molar-refractivity contribution >= 4 is 17.6 Å². The summed E-state index contributed by atoms with van der Waals surface area (Å²) in [6.07, 6.45) is 2.04. The number of hydrogen-bond donors (Lipinski definition) is 3. The summed E-state index contributed by atoms with van der Waals surface area (Å²) in [5.41, 5.74) is 0.673. The lowest BCUT2D eigenvalue weighted by atomic mass is 9.96. The summed E-state index contributed by atoms with van der Waals surface area (Å²) in [5.74, 6) is -0.00755. The van der Waals surface area contributed by atoms with Crippen molar-refractivity contribution in [3.05, 3.63) is 30.3 Å². The fourth-order valence-electron chi connectivity index (χ4n) is 2.77. The van der Waals surface area contributed by atoms with Crippen LogP contribution in [0, 0.1) is 5.41 Å². The molecule has 3 amide bonds. The van der Waals surface area contributed by atoms with Gasteiger partial charge in [-0.3, -0.25) is 4.79 Å². The number of benzene rings is 1. The molecule has 1 aliphatic rings. The molecule has 3 N–H and O–H groups in total. The Kier molecular flexibility index (Phi) is 6.67. The largest absolute Gasteiger partial charge is 0.381 e. The molecule has 1 aromatic rings. The molecule has 1 heterocycles. The van der Waals surface area contributed by atoms with Crippen molar-refractivity contribution in [2.45, 2.75) is 39.7 Å². The highest BCUT2D eigenvalue weighted by molar-refractivity contribution is 5.81. The van der Waals surface area contributed by atoms with Crippen molar-refractivity contribution in [1.29, 1.82) is 0 Å². The van der Waals surface area contributed by atoms with E-state index in [1.54, 1.807) is 0 Å². The smallest absolute Gasteiger partial charge is 0.317 e. The molecule has 138 valence electrons. The summed E-state index contributed by atoms with van der Waals surface area (Å²) >= 11 is 0. The van der Waals surface area contributed by atoms with Gasteiger partial charge in [-0.2, -0.15) is 0 Å². The van der Waals surface area contributed by atoms with Gasteiger partial charge in [0.15, 0.2) is 0 Å². The van der Waals surface area contributed by atoms with E-state index in [9.17, 15) is 9.59 Å². The Morgan fingerprint density at radius 1 is 1.12 bits per heavy atom. The zero-order valence-electron chi connectivity index (χ0n) is 15.5. The number of carbonyl (C=O) groups is 2. The molecule has 0 aliphatic carbocycles. The summed E-state index contributed by atoms with van der Waals surface area (Å²) in [4.78, 5) is 25.9. The van der Waals surface area contributed by atoms with Crippen molar-refractivity contribution < 1.29 is 9.59 Å². The second-order valence-corrected chi connectivity index (χ2v) is 7.53. The number of likely N-dealkylation sites (tertiary alicyclic amines) is 1. The Morgan fingerprint density at radius 3 is 2.48 bits per heavy atom. The third-order valence-corrected chi connectivity index (χ3v) is 4.22. The maximum absolute atomic E-state index is 12.3. The molecule has 1 fully saturated rings. The van der Waals surface area contributed by atoms with Gasteiger partial charge in [0.1, 0.15) is 0 Å². The van der Waals surface area contributed by atoms with Gasteiger partial charge in [0.2, 0.25) is 5.91 Å². The molecule has 1 atom stereocenters. The number of nitrogens with zero attached hydrogens (tertiary/aromatic N) is 1. The van der Waals surface area contributed by atoms with Crippen LogP contribution >= 0.6 is 0 Å². The monoisotopic (exact) mass is 346 g/mol. The number of nitrogens with one attached hydrogen (secondary N) is 3. The van der Waals surface area contributed by atoms with Crippen molar-refractivity contribution in [1.82, 2.24) is 15.5 Å². The minimum Gasteiger partial charge on any atom is -0.381 e. The van der Waals surface area contributed by atoms with Gasteiger partial charge in [-0.15, -0.1) is 0 Å². The second-order valence-electron chi connectivity index (χ2n) is 7.53. The summed E-state index contributed by atoms with van der Waals surface area (Å²) < 4.78 is 0. The molecule has 0 saturated carbocycles. The van der Waals surface area contributed by atoms with Gasteiger partial charge in [-0.25, -0.2) is 4.79 Å². The first-order valence-corrected chi connectivity index (χ1v) is 8.99. The molecule has 1 aromatic carbocycles. The molecule has 0 bridgehead atoms. The highest BCUT2D eigenvalue weighted by atomic mass is 16.2. The molecule has 0 radical (unpaired) electrons. The van der Waals surface area contributed by atoms with Crippen LogP contribution in [0.2, 0.25) is 0 Å². The zero-order chi connectivity index (χ0) is 18.3. The van der Waals surface area contributed by atoms with Crippen LogP contribution in [0.1, 0.15) is 33.6 Å². The molecule has 6 heteroatoms. The highest BCUT2D eigenvalue weighted by Crippen LogP contribution is 2.16. The van der Waals surface area contributed by atoms with E-state index in [4.69, 9.17) is 0 Å². The van der Waals surface area contributed by atoms with E-state index in [0.29, 0.717) is 19.6 Å². The summed E-state index contributed by atoms with van der Waals surface area (Å²) in [5, 5.41) is 9.21. The van der Waals surface area contributed by atoms with Crippen LogP contribution < -0.4 is 16.0 Å². The fraction of sp³-hybridized carbons (Fsp3) is 0.579. The summed E-state index contributed by atoms with van der Waals surface area (Å²) in [6.45, 7) is 7.95. The van der Waals surface area contributed by atoms with Crippen LogP contribution in [-0.2, 0) is 4.79 Å². The van der Waals surface area contributed by atoms with Gasteiger partial charge in [-0.1, -0.05) is 39.0 Å². The molecular formula is C19H30N4O2. The number of amides is 3. The van der Waals surface area contributed by atoms with Crippen LogP contribution in [0.5, 0.6) is 0 Å². The van der Waals surface area contributed by atoms with Crippen molar-refractivity contribution in [2.24, 2.45) is 5.41 Å². The molecule has 1 saturated heterocycles. The normalized spacial score (nSPS) is 17.7. The number of rotatable bonds is 5. The van der Waals surface area contributed by atoms with Crippen molar-refractivity contribution in [2.75, 3.05) is 31.5 Å². The lowest BCUT2D eigenvalue weighted by Gasteiger charge is -2.33. The van der Waals surface area contributed by atoms with Gasteiger partial charge < -0.3 is 20.9 Å². The number of urea groups is 1. The van der Waals surface area contributed by atoms with Gasteiger partial charge in [-0.05, 0) is 25.0 Å². The summed E-state index contributed by atoms with van der Waals surface area (Å²) in [7, 11) is 0. The van der Waals surface area contributed by atoms with E-state index in [2.05, 4.69) is 16.0 Å². The first-order chi connectivity index (χ1) is 11.9. The second kappa shape index (κ2) is 8.74. The van der Waals surface area contributed by atoms with Gasteiger partial charge in [0.05, 0.1) is 0 Å². The summed E-state index contributed by atoms with van der Waals surface area (Å²) in [6, 6.07) is 10.3. The maximum atomic E-state index is 12.3. The van der Waals surface area contributed by atoms with Crippen LogP contribution in [0.25, 0.3) is 0 Å². The van der Waals surface area contributed by atoms with Gasteiger partial charge in [0, 0.05) is 43.3 Å². The van der Waals surface area contributed by atoms with E-state index in [1.165, 1.54) is 0 Å². The SMILES string of the molecule is CC(C)(C)C(=O)NCCNC(=O)N1CCC[C@H](Nc2ccccc2)C1.